The first kappa shape index (κ1) is 15.9. The number of carbonyl (C=O) groups excluding carboxylic acids is 1. The van der Waals surface area contributed by atoms with Crippen LogP contribution in [0.5, 0.6) is 0 Å². The molecule has 9 heteroatoms. The van der Waals surface area contributed by atoms with Crippen molar-refractivity contribution in [2.24, 2.45) is 5.73 Å². The molecule has 1 fully saturated rings. The first-order valence-corrected chi connectivity index (χ1v) is 7.59. The first-order chi connectivity index (χ1) is 11.4. The van der Waals surface area contributed by atoms with Gasteiger partial charge in [-0.15, -0.1) is 0 Å². The molecule has 126 valence electrons. The van der Waals surface area contributed by atoms with Gasteiger partial charge in [-0.05, 0) is 12.8 Å². The molecule has 0 radical (unpaired) electrons. The zero-order valence-electron chi connectivity index (χ0n) is 13.5. The van der Waals surface area contributed by atoms with Gasteiger partial charge in [0.05, 0.1) is 18.1 Å². The van der Waals surface area contributed by atoms with Crippen molar-refractivity contribution in [2.75, 3.05) is 24.3 Å². The zero-order valence-corrected chi connectivity index (χ0v) is 13.5. The summed E-state index contributed by atoms with van der Waals surface area (Å²) in [5.41, 5.74) is 5.96. The Labute approximate surface area is 138 Å². The van der Waals surface area contributed by atoms with E-state index >= 15 is 0 Å². The van der Waals surface area contributed by atoms with Crippen molar-refractivity contribution in [1.82, 2.24) is 19.9 Å². The van der Waals surface area contributed by atoms with Crippen molar-refractivity contribution in [3.8, 4) is 0 Å². The average molecular weight is 329 g/mol. The first-order valence-electron chi connectivity index (χ1n) is 7.59. The molecular formula is C15H19N7O2. The molecule has 1 aliphatic carbocycles. The highest BCUT2D eigenvalue weighted by atomic mass is 16.1. The van der Waals surface area contributed by atoms with Gasteiger partial charge in [-0.25, -0.2) is 9.97 Å². The summed E-state index contributed by atoms with van der Waals surface area (Å²) in [4.78, 5) is 39.9. The third kappa shape index (κ3) is 3.34. The third-order valence-electron chi connectivity index (χ3n) is 3.97. The van der Waals surface area contributed by atoms with E-state index in [1.54, 1.807) is 17.2 Å². The maximum atomic E-state index is 11.7. The van der Waals surface area contributed by atoms with E-state index in [2.05, 4.69) is 25.3 Å². The van der Waals surface area contributed by atoms with Crippen molar-refractivity contribution in [3.63, 3.8) is 0 Å². The van der Waals surface area contributed by atoms with Gasteiger partial charge >= 0.3 is 0 Å². The molecule has 0 bridgehead atoms. The number of H-pyrrole nitrogens is 1. The van der Waals surface area contributed by atoms with E-state index in [9.17, 15) is 9.59 Å². The number of anilines is 2. The zero-order chi connectivity index (χ0) is 17.3. The summed E-state index contributed by atoms with van der Waals surface area (Å²) in [7, 11) is 3.66. The van der Waals surface area contributed by atoms with Crippen molar-refractivity contribution in [3.05, 3.63) is 40.2 Å². The van der Waals surface area contributed by atoms with Crippen LogP contribution in [0.2, 0.25) is 0 Å². The molecule has 0 aliphatic heterocycles. The number of rotatable bonds is 5. The van der Waals surface area contributed by atoms with Crippen molar-refractivity contribution in [2.45, 2.75) is 24.8 Å². The molecule has 9 nitrogen and oxygen atoms in total. The summed E-state index contributed by atoms with van der Waals surface area (Å²) in [6.45, 7) is 0. The molecule has 1 aliphatic rings. The molecule has 2 aromatic heterocycles. The summed E-state index contributed by atoms with van der Waals surface area (Å²) >= 11 is 0. The van der Waals surface area contributed by atoms with Crippen LogP contribution >= 0.6 is 0 Å². The van der Waals surface area contributed by atoms with E-state index in [0.29, 0.717) is 11.8 Å². The SMILES string of the molecule is CN(C)c1nc(C2CC(Nc3cncc(C(N)=O)n3)C2)cc(=O)[nH]1. The molecule has 3 rings (SSSR count). The quantitative estimate of drug-likeness (QED) is 0.708. The summed E-state index contributed by atoms with van der Waals surface area (Å²) in [6.07, 6.45) is 4.53. The smallest absolute Gasteiger partial charge is 0.268 e. The lowest BCUT2D eigenvalue weighted by atomic mass is 9.78. The van der Waals surface area contributed by atoms with Crippen LogP contribution in [-0.4, -0.2) is 46.0 Å². The number of aromatic amines is 1. The van der Waals surface area contributed by atoms with Crippen LogP contribution in [0.1, 0.15) is 34.9 Å². The van der Waals surface area contributed by atoms with E-state index in [1.165, 1.54) is 6.20 Å². The molecule has 0 aromatic carbocycles. The minimum Gasteiger partial charge on any atom is -0.366 e. The van der Waals surface area contributed by atoms with Crippen LogP contribution < -0.4 is 21.5 Å². The van der Waals surface area contributed by atoms with Crippen LogP contribution in [0.3, 0.4) is 0 Å². The number of hydrogen-bond donors (Lipinski definition) is 3. The number of nitrogens with two attached hydrogens (primary N) is 1. The van der Waals surface area contributed by atoms with E-state index in [4.69, 9.17) is 5.73 Å². The van der Waals surface area contributed by atoms with Gasteiger partial charge in [0.15, 0.2) is 0 Å². The molecule has 0 atom stereocenters. The second-order valence-electron chi connectivity index (χ2n) is 6.05. The highest BCUT2D eigenvalue weighted by molar-refractivity contribution is 5.90. The Kier molecular flexibility index (Phi) is 4.15. The van der Waals surface area contributed by atoms with Gasteiger partial charge in [-0.1, -0.05) is 0 Å². The van der Waals surface area contributed by atoms with Crippen LogP contribution in [-0.2, 0) is 0 Å². The average Bonchev–Trinajstić information content (AvgIpc) is 2.50. The van der Waals surface area contributed by atoms with Crippen LogP contribution in [0.4, 0.5) is 11.8 Å². The molecule has 2 aromatic rings. The van der Waals surface area contributed by atoms with Gasteiger partial charge in [-0.3, -0.25) is 19.6 Å². The fraction of sp³-hybridized carbons (Fsp3) is 0.400. The number of carbonyl (C=O) groups is 1. The highest BCUT2D eigenvalue weighted by Gasteiger charge is 2.32. The molecule has 0 spiro atoms. The molecule has 24 heavy (non-hydrogen) atoms. The Morgan fingerprint density at radius 2 is 2.08 bits per heavy atom. The molecule has 1 amide bonds. The van der Waals surface area contributed by atoms with E-state index in [0.717, 1.165) is 18.5 Å². The maximum Gasteiger partial charge on any atom is 0.268 e. The van der Waals surface area contributed by atoms with Gasteiger partial charge in [-0.2, -0.15) is 0 Å². The lowest BCUT2D eigenvalue weighted by molar-refractivity contribution is 0.0995. The number of nitrogens with zero attached hydrogens (tertiary/aromatic N) is 4. The fourth-order valence-corrected chi connectivity index (χ4v) is 2.62. The van der Waals surface area contributed by atoms with Crippen LogP contribution in [0.15, 0.2) is 23.3 Å². The van der Waals surface area contributed by atoms with E-state index in [1.807, 2.05) is 14.1 Å². The summed E-state index contributed by atoms with van der Waals surface area (Å²) in [5.74, 6) is 0.675. The van der Waals surface area contributed by atoms with Gasteiger partial charge in [0, 0.05) is 32.1 Å². The number of aromatic nitrogens is 4. The van der Waals surface area contributed by atoms with Crippen molar-refractivity contribution >= 4 is 17.7 Å². The Balaban J connectivity index is 1.65. The lowest BCUT2D eigenvalue weighted by Gasteiger charge is -2.35. The molecule has 0 saturated heterocycles. The maximum absolute atomic E-state index is 11.7. The minimum absolute atomic E-state index is 0.128. The predicted molar refractivity (Wildman–Crippen MR) is 89.1 cm³/mol. The normalized spacial score (nSPS) is 19.4. The van der Waals surface area contributed by atoms with Gasteiger partial charge in [0.1, 0.15) is 11.5 Å². The molecule has 0 unspecified atom stereocenters. The third-order valence-corrected chi connectivity index (χ3v) is 3.97. The van der Waals surface area contributed by atoms with E-state index in [-0.39, 0.29) is 23.2 Å². The fourth-order valence-electron chi connectivity index (χ4n) is 2.62. The number of hydrogen-bond acceptors (Lipinski definition) is 7. The van der Waals surface area contributed by atoms with Crippen molar-refractivity contribution < 1.29 is 4.79 Å². The summed E-state index contributed by atoms with van der Waals surface area (Å²) < 4.78 is 0. The highest BCUT2D eigenvalue weighted by Crippen LogP contribution is 2.37. The monoisotopic (exact) mass is 329 g/mol. The summed E-state index contributed by atoms with van der Waals surface area (Å²) in [5, 5.41) is 3.22. The van der Waals surface area contributed by atoms with Gasteiger partial charge < -0.3 is 16.0 Å². The Morgan fingerprint density at radius 3 is 2.75 bits per heavy atom. The minimum atomic E-state index is -0.610. The van der Waals surface area contributed by atoms with Crippen LogP contribution in [0.25, 0.3) is 0 Å². The standard InChI is InChI=1S/C15H19N7O2/c1-22(2)15-20-10(5-13(23)21-15)8-3-9(4-8)18-12-7-17-6-11(19-12)14(16)24/h5-9H,3-4H2,1-2H3,(H2,16,24)(H,18,19)(H,20,21,23). The molecule has 4 N–H and O–H groups in total. The largest absolute Gasteiger partial charge is 0.366 e. The number of amides is 1. The second kappa shape index (κ2) is 6.26. The van der Waals surface area contributed by atoms with Gasteiger partial charge in [0.2, 0.25) is 5.95 Å². The molecule has 2 heterocycles. The van der Waals surface area contributed by atoms with Crippen LogP contribution in [0, 0.1) is 0 Å². The lowest BCUT2D eigenvalue weighted by Crippen LogP contribution is -2.35. The molecular weight excluding hydrogens is 310 g/mol. The topological polar surface area (TPSA) is 130 Å². The Morgan fingerprint density at radius 1 is 1.33 bits per heavy atom. The molecule has 1 saturated carbocycles. The Hall–Kier alpha value is -2.97. The number of primary amides is 1. The Bertz CT molecular complexity index is 811. The predicted octanol–water partition coefficient (Wildman–Crippen LogP) is 0.0829. The van der Waals surface area contributed by atoms with E-state index < -0.39 is 5.91 Å². The number of nitrogens with one attached hydrogen (secondary N) is 2. The summed E-state index contributed by atoms with van der Waals surface area (Å²) in [6, 6.07) is 1.73. The van der Waals surface area contributed by atoms with Gasteiger partial charge in [0.25, 0.3) is 11.5 Å². The second-order valence-corrected chi connectivity index (χ2v) is 6.05. The van der Waals surface area contributed by atoms with Crippen molar-refractivity contribution in [1.29, 1.82) is 0 Å².